The maximum absolute atomic E-state index is 12.7. The Morgan fingerprint density at radius 3 is 2.47 bits per heavy atom. The molecule has 0 saturated heterocycles. The molecule has 2 rings (SSSR count). The molecule has 0 unspecified atom stereocenters. The van der Waals surface area contributed by atoms with Gasteiger partial charge in [0.1, 0.15) is 5.76 Å². The molecule has 1 aromatic heterocycles. The van der Waals surface area contributed by atoms with Gasteiger partial charge in [-0.05, 0) is 40.2 Å². The highest BCUT2D eigenvalue weighted by atomic mass is 79.9. The second-order valence-electron chi connectivity index (χ2n) is 3.77. The lowest BCUT2D eigenvalue weighted by Crippen LogP contribution is -2.06. The summed E-state index contributed by atoms with van der Waals surface area (Å²) in [4.78, 5) is 0. The first kappa shape index (κ1) is 14.5. The molecule has 0 spiro atoms. The van der Waals surface area contributed by atoms with Crippen LogP contribution in [0.4, 0.5) is 18.9 Å². The molecule has 0 aliphatic heterocycles. The van der Waals surface area contributed by atoms with Gasteiger partial charge in [-0.1, -0.05) is 15.9 Å². The van der Waals surface area contributed by atoms with Gasteiger partial charge >= 0.3 is 6.18 Å². The van der Waals surface area contributed by atoms with Crippen LogP contribution in [0.25, 0.3) is 0 Å². The number of nitrogens with one attached hydrogen (secondary N) is 1. The highest BCUT2D eigenvalue weighted by Crippen LogP contribution is 2.33. The van der Waals surface area contributed by atoms with E-state index >= 15 is 0 Å². The van der Waals surface area contributed by atoms with Crippen LogP contribution in [0.2, 0.25) is 0 Å². The van der Waals surface area contributed by atoms with E-state index in [0.29, 0.717) is 22.5 Å². The van der Waals surface area contributed by atoms with Crippen molar-refractivity contribution in [3.8, 4) is 0 Å². The lowest BCUT2D eigenvalue weighted by atomic mass is 10.2. The molecule has 0 amide bonds. The summed E-state index contributed by atoms with van der Waals surface area (Å²) >= 11 is 6.34. The van der Waals surface area contributed by atoms with Crippen LogP contribution in [0.3, 0.4) is 0 Å². The molecule has 1 heterocycles. The van der Waals surface area contributed by atoms with Crippen LogP contribution in [0.15, 0.2) is 43.9 Å². The van der Waals surface area contributed by atoms with Crippen molar-refractivity contribution >= 4 is 37.5 Å². The first-order chi connectivity index (χ1) is 8.86. The van der Waals surface area contributed by atoms with Gasteiger partial charge in [0.2, 0.25) is 0 Å². The Bertz CT molecular complexity index is 581. The molecular weight excluding hydrogens is 391 g/mol. The standard InChI is InChI=1S/C12H8Br2F3NO/c13-8-3-7(12(15,16)17)4-9(5-8)18-6-11-10(14)1-2-19-11/h1-5,18H,6H2. The lowest BCUT2D eigenvalue weighted by molar-refractivity contribution is -0.137. The van der Waals surface area contributed by atoms with E-state index in [-0.39, 0.29) is 0 Å². The summed E-state index contributed by atoms with van der Waals surface area (Å²) in [5, 5.41) is 2.89. The molecule has 0 bridgehead atoms. The average Bonchev–Trinajstić information content (AvgIpc) is 2.70. The fraction of sp³-hybridized carbons (Fsp3) is 0.167. The maximum atomic E-state index is 12.7. The number of hydrogen-bond donors (Lipinski definition) is 1. The Kier molecular flexibility index (Phi) is 4.25. The van der Waals surface area contributed by atoms with Crippen molar-refractivity contribution in [3.63, 3.8) is 0 Å². The topological polar surface area (TPSA) is 25.2 Å². The highest BCUT2D eigenvalue weighted by Gasteiger charge is 2.31. The van der Waals surface area contributed by atoms with Crippen LogP contribution in [0, 0.1) is 0 Å². The first-order valence-electron chi connectivity index (χ1n) is 5.20. The smallest absolute Gasteiger partial charge is 0.416 e. The minimum absolute atomic E-state index is 0.293. The average molecular weight is 399 g/mol. The normalized spacial score (nSPS) is 11.6. The van der Waals surface area contributed by atoms with Crippen molar-refractivity contribution in [1.29, 1.82) is 0 Å². The van der Waals surface area contributed by atoms with E-state index < -0.39 is 11.7 Å². The summed E-state index contributed by atoms with van der Waals surface area (Å²) in [5.74, 6) is 0.619. The van der Waals surface area contributed by atoms with Gasteiger partial charge in [-0.25, -0.2) is 0 Å². The second-order valence-corrected chi connectivity index (χ2v) is 5.54. The van der Waals surface area contributed by atoms with Crippen molar-refractivity contribution in [3.05, 3.63) is 50.8 Å². The Balaban J connectivity index is 2.17. The summed E-state index contributed by atoms with van der Waals surface area (Å²) < 4.78 is 44.3. The number of anilines is 1. The van der Waals surface area contributed by atoms with Crippen LogP contribution < -0.4 is 5.32 Å². The maximum Gasteiger partial charge on any atom is 0.416 e. The molecule has 0 atom stereocenters. The third-order valence-corrected chi connectivity index (χ3v) is 3.53. The molecule has 19 heavy (non-hydrogen) atoms. The van der Waals surface area contributed by atoms with Crippen LogP contribution in [-0.4, -0.2) is 0 Å². The van der Waals surface area contributed by atoms with Crippen molar-refractivity contribution in [1.82, 2.24) is 0 Å². The minimum Gasteiger partial charge on any atom is -0.466 e. The van der Waals surface area contributed by atoms with E-state index in [1.54, 1.807) is 12.1 Å². The van der Waals surface area contributed by atoms with E-state index in [0.717, 1.165) is 16.6 Å². The quantitative estimate of drug-likeness (QED) is 0.745. The molecule has 0 aliphatic carbocycles. The van der Waals surface area contributed by atoms with Gasteiger partial charge in [-0.15, -0.1) is 0 Å². The monoisotopic (exact) mass is 397 g/mol. The van der Waals surface area contributed by atoms with Crippen LogP contribution in [0.1, 0.15) is 11.3 Å². The number of furan rings is 1. The Morgan fingerprint density at radius 2 is 1.89 bits per heavy atom. The Labute approximate surface area is 124 Å². The highest BCUT2D eigenvalue weighted by molar-refractivity contribution is 9.10. The summed E-state index contributed by atoms with van der Waals surface area (Å²) in [5.41, 5.74) is -0.340. The third kappa shape index (κ3) is 3.76. The summed E-state index contributed by atoms with van der Waals surface area (Å²) in [6.07, 6.45) is -2.87. The fourth-order valence-corrected chi connectivity index (χ4v) is 2.32. The first-order valence-corrected chi connectivity index (χ1v) is 6.78. The van der Waals surface area contributed by atoms with Crippen molar-refractivity contribution in [2.24, 2.45) is 0 Å². The van der Waals surface area contributed by atoms with Crippen LogP contribution in [-0.2, 0) is 12.7 Å². The van der Waals surface area contributed by atoms with Gasteiger partial charge in [0, 0.05) is 10.2 Å². The molecule has 1 aromatic carbocycles. The Morgan fingerprint density at radius 1 is 1.16 bits per heavy atom. The molecule has 2 aromatic rings. The van der Waals surface area contributed by atoms with Gasteiger partial charge in [0.25, 0.3) is 0 Å². The largest absolute Gasteiger partial charge is 0.466 e. The predicted molar refractivity (Wildman–Crippen MR) is 72.9 cm³/mol. The zero-order valence-electron chi connectivity index (χ0n) is 9.39. The molecule has 102 valence electrons. The third-order valence-electron chi connectivity index (χ3n) is 2.37. The molecule has 0 radical (unpaired) electrons. The van der Waals surface area contributed by atoms with E-state index in [2.05, 4.69) is 37.2 Å². The second kappa shape index (κ2) is 5.58. The Hall–Kier alpha value is -0.950. The van der Waals surface area contributed by atoms with Gasteiger partial charge < -0.3 is 9.73 Å². The number of halogens is 5. The molecule has 0 fully saturated rings. The summed E-state index contributed by atoms with van der Waals surface area (Å²) in [6, 6.07) is 5.39. The molecule has 1 N–H and O–H groups in total. The van der Waals surface area contributed by atoms with Crippen molar-refractivity contribution < 1.29 is 17.6 Å². The van der Waals surface area contributed by atoms with Gasteiger partial charge in [-0.3, -0.25) is 0 Å². The van der Waals surface area contributed by atoms with E-state index in [1.165, 1.54) is 6.26 Å². The van der Waals surface area contributed by atoms with Gasteiger partial charge in [0.15, 0.2) is 0 Å². The van der Waals surface area contributed by atoms with Crippen LogP contribution in [0.5, 0.6) is 0 Å². The molecule has 0 aliphatic rings. The van der Waals surface area contributed by atoms with Gasteiger partial charge in [-0.2, -0.15) is 13.2 Å². The number of hydrogen-bond acceptors (Lipinski definition) is 2. The minimum atomic E-state index is -4.37. The van der Waals surface area contributed by atoms with E-state index in [4.69, 9.17) is 4.42 Å². The van der Waals surface area contributed by atoms with Gasteiger partial charge in [0.05, 0.1) is 22.8 Å². The van der Waals surface area contributed by atoms with E-state index in [1.807, 2.05) is 0 Å². The molecular formula is C12H8Br2F3NO. The fourth-order valence-electron chi connectivity index (χ4n) is 1.49. The lowest BCUT2D eigenvalue weighted by Gasteiger charge is -2.11. The SMILES string of the molecule is FC(F)(F)c1cc(Br)cc(NCc2occc2Br)c1. The molecule has 0 saturated carbocycles. The number of benzene rings is 1. The molecule has 7 heteroatoms. The predicted octanol–water partition coefficient (Wildman–Crippen LogP) is 5.44. The zero-order chi connectivity index (χ0) is 14.0. The molecule has 2 nitrogen and oxygen atoms in total. The van der Waals surface area contributed by atoms with E-state index in [9.17, 15) is 13.2 Å². The number of alkyl halides is 3. The van der Waals surface area contributed by atoms with Crippen molar-refractivity contribution in [2.45, 2.75) is 12.7 Å². The zero-order valence-corrected chi connectivity index (χ0v) is 12.6. The summed E-state index contributed by atoms with van der Waals surface area (Å²) in [7, 11) is 0. The summed E-state index contributed by atoms with van der Waals surface area (Å²) in [6.45, 7) is 0.293. The number of rotatable bonds is 3. The van der Waals surface area contributed by atoms with Crippen molar-refractivity contribution in [2.75, 3.05) is 5.32 Å². The van der Waals surface area contributed by atoms with Crippen LogP contribution >= 0.6 is 31.9 Å².